The van der Waals surface area contributed by atoms with Crippen molar-refractivity contribution in [3.8, 4) is 0 Å². The Morgan fingerprint density at radius 3 is 2.52 bits per heavy atom. The van der Waals surface area contributed by atoms with E-state index in [1.807, 2.05) is 0 Å². The maximum Gasteiger partial charge on any atom is 0.302 e. The zero-order valence-electron chi connectivity index (χ0n) is 18.8. The van der Waals surface area contributed by atoms with Crippen LogP contribution in [-0.4, -0.2) is 36.4 Å². The van der Waals surface area contributed by atoms with E-state index in [-0.39, 0.29) is 30.0 Å². The van der Waals surface area contributed by atoms with Gasteiger partial charge in [0.1, 0.15) is 13.2 Å². The monoisotopic (exact) mass is 406 g/mol. The molecule has 0 aromatic rings. The molecule has 2 rings (SSSR count). The van der Waals surface area contributed by atoms with Gasteiger partial charge in [0.05, 0.1) is 6.10 Å². The number of fused-ring (bicyclic) bond motifs is 1. The van der Waals surface area contributed by atoms with Crippen molar-refractivity contribution in [3.63, 3.8) is 0 Å². The van der Waals surface area contributed by atoms with Crippen LogP contribution in [0.4, 0.5) is 0 Å². The molecule has 0 amide bonds. The van der Waals surface area contributed by atoms with E-state index in [1.54, 1.807) is 6.08 Å². The van der Waals surface area contributed by atoms with Gasteiger partial charge in [-0.15, -0.1) is 0 Å². The van der Waals surface area contributed by atoms with Crippen molar-refractivity contribution in [1.29, 1.82) is 0 Å². The molecule has 5 heteroatoms. The quantitative estimate of drug-likeness (QED) is 0.494. The van der Waals surface area contributed by atoms with Crippen molar-refractivity contribution >= 4 is 11.9 Å². The van der Waals surface area contributed by atoms with Gasteiger partial charge >= 0.3 is 11.9 Å². The predicted octanol–water partition coefficient (Wildman–Crippen LogP) is 4.59. The van der Waals surface area contributed by atoms with Crippen LogP contribution < -0.4 is 0 Å². The van der Waals surface area contributed by atoms with Gasteiger partial charge in [0.2, 0.25) is 0 Å². The van der Waals surface area contributed by atoms with Gasteiger partial charge in [0.15, 0.2) is 0 Å². The summed E-state index contributed by atoms with van der Waals surface area (Å²) in [7, 11) is 0. The third kappa shape index (κ3) is 5.30. The summed E-state index contributed by atoms with van der Waals surface area (Å²) < 4.78 is 10.2. The molecule has 0 aliphatic heterocycles. The minimum atomic E-state index is -0.755. The van der Waals surface area contributed by atoms with Crippen LogP contribution in [0.3, 0.4) is 0 Å². The van der Waals surface area contributed by atoms with Crippen molar-refractivity contribution in [2.24, 2.45) is 22.7 Å². The number of carbonyl (C=O) groups excluding carboxylic acids is 2. The smallest absolute Gasteiger partial charge is 0.302 e. The van der Waals surface area contributed by atoms with E-state index in [0.29, 0.717) is 23.8 Å². The van der Waals surface area contributed by atoms with Crippen molar-refractivity contribution in [2.75, 3.05) is 13.2 Å². The maximum absolute atomic E-state index is 11.3. The van der Waals surface area contributed by atoms with Crippen LogP contribution in [0.1, 0.15) is 73.1 Å². The van der Waals surface area contributed by atoms with E-state index >= 15 is 0 Å². The topological polar surface area (TPSA) is 72.8 Å². The zero-order valence-corrected chi connectivity index (χ0v) is 18.8. The second kappa shape index (κ2) is 9.46. The first-order valence-electron chi connectivity index (χ1n) is 10.8. The highest BCUT2D eigenvalue weighted by molar-refractivity contribution is 5.66. The average molecular weight is 407 g/mol. The van der Waals surface area contributed by atoms with Gasteiger partial charge in [0.25, 0.3) is 0 Å². The third-order valence-electron chi connectivity index (χ3n) is 7.70. The standard InChI is InChI=1S/C24H38O5/c1-16-8-7-9-22-23(16,5)12-10-17(2)24(22,6)14-21(27)20(15-29-19(4)26)11-13-28-18(3)25/h11,17,21-22,27H,1,7-10,12-15H2,2-6H3. The number of ether oxygens (including phenoxy) is 2. The summed E-state index contributed by atoms with van der Waals surface area (Å²) in [4.78, 5) is 22.4. The Morgan fingerprint density at radius 1 is 1.24 bits per heavy atom. The normalized spacial score (nSPS) is 33.6. The van der Waals surface area contributed by atoms with Crippen LogP contribution in [0, 0.1) is 22.7 Å². The molecule has 2 fully saturated rings. The lowest BCUT2D eigenvalue weighted by Gasteiger charge is -2.59. The Labute approximate surface area is 175 Å². The summed E-state index contributed by atoms with van der Waals surface area (Å²) in [6.07, 6.45) is 7.19. The molecule has 0 aromatic carbocycles. The number of aliphatic hydroxyl groups excluding tert-OH is 1. The molecule has 0 heterocycles. The number of allylic oxidation sites excluding steroid dienone is 1. The molecule has 2 aliphatic carbocycles. The molecule has 0 radical (unpaired) electrons. The van der Waals surface area contributed by atoms with E-state index < -0.39 is 12.1 Å². The molecule has 1 N–H and O–H groups in total. The molecule has 164 valence electrons. The molecule has 5 nitrogen and oxygen atoms in total. The van der Waals surface area contributed by atoms with Crippen LogP contribution in [-0.2, 0) is 19.1 Å². The summed E-state index contributed by atoms with van der Waals surface area (Å²) in [6.45, 7) is 14.1. The summed E-state index contributed by atoms with van der Waals surface area (Å²) in [5, 5.41) is 11.1. The first-order valence-corrected chi connectivity index (χ1v) is 10.8. The molecule has 29 heavy (non-hydrogen) atoms. The van der Waals surface area contributed by atoms with E-state index in [0.717, 1.165) is 32.1 Å². The van der Waals surface area contributed by atoms with Crippen LogP contribution in [0.2, 0.25) is 0 Å². The SMILES string of the molecule is C=C1CCCC2C1(C)CCC(C)C2(C)CC(O)C(=CCOC(C)=O)COC(C)=O. The van der Waals surface area contributed by atoms with Crippen LogP contribution in [0.25, 0.3) is 0 Å². The van der Waals surface area contributed by atoms with Gasteiger partial charge in [-0.3, -0.25) is 9.59 Å². The number of esters is 2. The lowest BCUT2D eigenvalue weighted by atomic mass is 9.46. The molecular formula is C24H38O5. The number of hydrogen-bond donors (Lipinski definition) is 1. The fourth-order valence-electron chi connectivity index (χ4n) is 5.60. The second-order valence-corrected chi connectivity index (χ2v) is 9.49. The number of aliphatic hydroxyl groups is 1. The zero-order chi connectivity index (χ0) is 21.8. The Hall–Kier alpha value is -1.62. The van der Waals surface area contributed by atoms with Gasteiger partial charge in [0, 0.05) is 13.8 Å². The molecule has 5 atom stereocenters. The minimum Gasteiger partial charge on any atom is -0.462 e. The molecule has 0 spiro atoms. The first kappa shape index (κ1) is 23.7. The van der Waals surface area contributed by atoms with Crippen molar-refractivity contribution in [2.45, 2.75) is 79.2 Å². The molecule has 0 saturated heterocycles. The van der Waals surface area contributed by atoms with Crippen LogP contribution in [0.15, 0.2) is 23.8 Å². The third-order valence-corrected chi connectivity index (χ3v) is 7.70. The van der Waals surface area contributed by atoms with Crippen LogP contribution >= 0.6 is 0 Å². The Bertz CT molecular complexity index is 666. The van der Waals surface area contributed by atoms with Gasteiger partial charge in [-0.2, -0.15) is 0 Å². The highest BCUT2D eigenvalue weighted by Crippen LogP contribution is 2.62. The second-order valence-electron chi connectivity index (χ2n) is 9.49. The lowest BCUT2D eigenvalue weighted by molar-refractivity contribution is -0.141. The average Bonchev–Trinajstić information content (AvgIpc) is 2.63. The highest BCUT2D eigenvalue weighted by atomic mass is 16.5. The van der Waals surface area contributed by atoms with Gasteiger partial charge < -0.3 is 14.6 Å². The number of rotatable bonds is 7. The van der Waals surface area contributed by atoms with E-state index in [9.17, 15) is 14.7 Å². The van der Waals surface area contributed by atoms with Gasteiger partial charge in [-0.05, 0) is 72.8 Å². The van der Waals surface area contributed by atoms with Crippen molar-refractivity contribution in [1.82, 2.24) is 0 Å². The maximum atomic E-state index is 11.3. The van der Waals surface area contributed by atoms with E-state index in [1.165, 1.54) is 19.4 Å². The van der Waals surface area contributed by atoms with E-state index in [2.05, 4.69) is 27.4 Å². The summed E-state index contributed by atoms with van der Waals surface area (Å²) in [5.74, 6) is 0.165. The molecular weight excluding hydrogens is 368 g/mol. The summed E-state index contributed by atoms with van der Waals surface area (Å²) >= 11 is 0. The molecule has 2 saturated carbocycles. The molecule has 5 unspecified atom stereocenters. The fourth-order valence-corrected chi connectivity index (χ4v) is 5.60. The lowest BCUT2D eigenvalue weighted by Crippen LogP contribution is -2.51. The van der Waals surface area contributed by atoms with Crippen molar-refractivity contribution in [3.05, 3.63) is 23.8 Å². The fraction of sp³-hybridized carbons (Fsp3) is 0.750. The molecule has 2 aliphatic rings. The van der Waals surface area contributed by atoms with Gasteiger partial charge in [-0.25, -0.2) is 0 Å². The van der Waals surface area contributed by atoms with Crippen molar-refractivity contribution < 1.29 is 24.2 Å². The number of carbonyl (C=O) groups is 2. The molecule has 0 aromatic heterocycles. The Balaban J connectivity index is 2.24. The van der Waals surface area contributed by atoms with E-state index in [4.69, 9.17) is 9.47 Å². The Kier molecular flexibility index (Phi) is 7.72. The van der Waals surface area contributed by atoms with Crippen LogP contribution in [0.5, 0.6) is 0 Å². The first-order chi connectivity index (χ1) is 13.5. The minimum absolute atomic E-state index is 0.0108. The predicted molar refractivity (Wildman–Crippen MR) is 113 cm³/mol. The molecule has 0 bridgehead atoms. The summed E-state index contributed by atoms with van der Waals surface area (Å²) in [5.41, 5.74) is 2.02. The highest BCUT2D eigenvalue weighted by Gasteiger charge is 2.54. The van der Waals surface area contributed by atoms with Gasteiger partial charge in [-0.1, -0.05) is 32.9 Å². The summed E-state index contributed by atoms with van der Waals surface area (Å²) in [6, 6.07) is 0. The Morgan fingerprint density at radius 2 is 1.90 bits per heavy atom. The largest absolute Gasteiger partial charge is 0.462 e. The number of hydrogen-bond acceptors (Lipinski definition) is 5.